The number of primary amides is 1. The van der Waals surface area contributed by atoms with Crippen molar-refractivity contribution in [3.8, 4) is 0 Å². The number of anilines is 2. The molecule has 0 unspecified atom stereocenters. The number of carbonyl (C=O) groups is 2. The molecule has 0 aliphatic heterocycles. The quantitative estimate of drug-likeness (QED) is 0.731. The second-order valence-electron chi connectivity index (χ2n) is 3.32. The van der Waals surface area contributed by atoms with Crippen molar-refractivity contribution in [2.24, 2.45) is 5.73 Å². The summed E-state index contributed by atoms with van der Waals surface area (Å²) in [6.45, 7) is 1.53. The van der Waals surface area contributed by atoms with Crippen LogP contribution in [0.4, 0.5) is 10.0 Å². The molecule has 0 aliphatic carbocycles. The van der Waals surface area contributed by atoms with Gasteiger partial charge in [-0.25, -0.2) is 0 Å². The highest BCUT2D eigenvalue weighted by atomic mass is 32.1. The van der Waals surface area contributed by atoms with Crippen molar-refractivity contribution >= 4 is 44.4 Å². The van der Waals surface area contributed by atoms with Crippen molar-refractivity contribution in [2.75, 3.05) is 11.5 Å². The first-order chi connectivity index (χ1) is 8.40. The van der Waals surface area contributed by atoms with Gasteiger partial charge in [-0.2, -0.15) is 0 Å². The van der Waals surface area contributed by atoms with E-state index in [0.29, 0.717) is 14.9 Å². The van der Waals surface area contributed by atoms with Gasteiger partial charge in [0.05, 0.1) is 19.8 Å². The third-order valence-electron chi connectivity index (χ3n) is 1.84. The van der Waals surface area contributed by atoms with Crippen LogP contribution in [0.2, 0.25) is 0 Å². The molecule has 0 fully saturated rings. The highest BCUT2D eigenvalue weighted by Gasteiger charge is 2.01. The monoisotopic (exact) mass is 283 g/mol. The largest absolute Gasteiger partial charge is 0.391 e. The van der Waals surface area contributed by atoms with E-state index in [2.05, 4.69) is 0 Å². The van der Waals surface area contributed by atoms with Gasteiger partial charge in [-0.1, -0.05) is 0 Å². The summed E-state index contributed by atoms with van der Waals surface area (Å²) in [6.07, 6.45) is 0. The number of rotatable bonds is 2. The lowest BCUT2D eigenvalue weighted by atomic mass is 10.4. The molecule has 0 saturated carbocycles. The third kappa shape index (κ3) is 4.19. The molecule has 96 valence electrons. The van der Waals surface area contributed by atoms with Crippen LogP contribution in [-0.2, 0) is 0 Å². The van der Waals surface area contributed by atoms with Crippen molar-refractivity contribution in [2.45, 2.75) is 6.92 Å². The van der Waals surface area contributed by atoms with Crippen LogP contribution in [-0.4, -0.2) is 11.7 Å². The Labute approximate surface area is 112 Å². The van der Waals surface area contributed by atoms with Crippen LogP contribution in [0.5, 0.6) is 0 Å². The van der Waals surface area contributed by atoms with E-state index in [1.807, 2.05) is 0 Å². The summed E-state index contributed by atoms with van der Waals surface area (Å²) in [5.74, 6) is -0.339. The van der Waals surface area contributed by atoms with E-state index in [9.17, 15) is 9.59 Å². The van der Waals surface area contributed by atoms with Gasteiger partial charge in [-0.3, -0.25) is 9.59 Å². The molecule has 0 atom stereocenters. The molecule has 0 saturated heterocycles. The number of hydrogen-bond acceptors (Lipinski definition) is 6. The first-order valence-corrected chi connectivity index (χ1v) is 6.55. The van der Waals surface area contributed by atoms with E-state index in [1.54, 1.807) is 24.3 Å². The Hall–Kier alpha value is -1.86. The molecule has 0 aliphatic rings. The van der Waals surface area contributed by atoms with Gasteiger partial charge in [0.1, 0.15) is 0 Å². The Morgan fingerprint density at radius 1 is 0.944 bits per heavy atom. The number of thiophene rings is 2. The lowest BCUT2D eigenvalue weighted by Gasteiger charge is -1.81. The molecule has 1 amide bonds. The van der Waals surface area contributed by atoms with Crippen molar-refractivity contribution < 1.29 is 9.59 Å². The summed E-state index contributed by atoms with van der Waals surface area (Å²) in [5.41, 5.74) is 15.7. The molecule has 0 radical (unpaired) electrons. The van der Waals surface area contributed by atoms with Gasteiger partial charge < -0.3 is 17.2 Å². The fourth-order valence-electron chi connectivity index (χ4n) is 1.03. The minimum absolute atomic E-state index is 0.0803. The molecule has 7 heteroatoms. The summed E-state index contributed by atoms with van der Waals surface area (Å²) < 4.78 is 0. The molecule has 2 heterocycles. The molecule has 6 N–H and O–H groups in total. The van der Waals surface area contributed by atoms with Gasteiger partial charge in [-0.05, 0) is 31.2 Å². The molecule has 18 heavy (non-hydrogen) atoms. The van der Waals surface area contributed by atoms with Gasteiger partial charge >= 0.3 is 0 Å². The van der Waals surface area contributed by atoms with Gasteiger partial charge in [0.25, 0.3) is 5.91 Å². The highest BCUT2D eigenvalue weighted by Crippen LogP contribution is 2.18. The van der Waals surface area contributed by atoms with E-state index in [0.717, 1.165) is 4.88 Å². The Morgan fingerprint density at radius 3 is 1.56 bits per heavy atom. The number of Topliss-reactive ketones (excluding diaryl/α,β-unsaturated/α-hetero) is 1. The summed E-state index contributed by atoms with van der Waals surface area (Å²) >= 11 is 2.52. The number of nitrogens with two attached hydrogens (primary N) is 3. The van der Waals surface area contributed by atoms with Crippen molar-refractivity contribution in [3.05, 3.63) is 34.0 Å². The van der Waals surface area contributed by atoms with Crippen LogP contribution in [0.3, 0.4) is 0 Å². The van der Waals surface area contributed by atoms with Gasteiger partial charge in [0.15, 0.2) is 5.78 Å². The Kier molecular flexibility index (Phi) is 4.87. The standard InChI is InChI=1S/C6H7NOS.C5H6N2OS/c1-4(8)5-2-3-6(7)9-5;6-4-2-1-3(9-4)5(7)8/h2-3H,7H2,1H3;1-2H,6H2,(H2,7,8). The molecule has 2 aromatic heterocycles. The van der Waals surface area contributed by atoms with Crippen LogP contribution < -0.4 is 17.2 Å². The maximum Gasteiger partial charge on any atom is 0.258 e. The van der Waals surface area contributed by atoms with Crippen LogP contribution in [0.25, 0.3) is 0 Å². The summed E-state index contributed by atoms with van der Waals surface area (Å²) in [5, 5.41) is 1.31. The normalized spacial score (nSPS) is 9.39. The molecule has 2 rings (SSSR count). The molecule has 5 nitrogen and oxygen atoms in total. The molecule has 2 aromatic rings. The van der Waals surface area contributed by atoms with Gasteiger partial charge in [-0.15, -0.1) is 22.7 Å². The molecule has 0 bridgehead atoms. The Morgan fingerprint density at radius 2 is 1.39 bits per heavy atom. The number of carbonyl (C=O) groups excluding carboxylic acids is 2. The SMILES string of the molecule is CC(=O)c1ccc(N)s1.NC(=O)c1ccc(N)s1. The maximum atomic E-state index is 10.6. The first kappa shape index (κ1) is 14.2. The van der Waals surface area contributed by atoms with E-state index in [-0.39, 0.29) is 5.78 Å². The maximum absolute atomic E-state index is 10.6. The van der Waals surface area contributed by atoms with Gasteiger partial charge in [0, 0.05) is 0 Å². The van der Waals surface area contributed by atoms with E-state index in [4.69, 9.17) is 17.2 Å². The molecular formula is C11H13N3O2S2. The average molecular weight is 283 g/mol. The number of nitrogen functional groups attached to an aromatic ring is 2. The number of amides is 1. The average Bonchev–Trinajstić information content (AvgIpc) is 2.88. The predicted molar refractivity (Wildman–Crippen MR) is 76.0 cm³/mol. The lowest BCUT2D eigenvalue weighted by molar-refractivity contribution is 0.1000. The van der Waals surface area contributed by atoms with Crippen molar-refractivity contribution in [1.82, 2.24) is 0 Å². The zero-order valence-corrected chi connectivity index (χ0v) is 11.3. The van der Waals surface area contributed by atoms with Crippen LogP contribution in [0.15, 0.2) is 24.3 Å². The summed E-state index contributed by atoms with van der Waals surface area (Å²) in [6, 6.07) is 6.75. The van der Waals surface area contributed by atoms with E-state index >= 15 is 0 Å². The minimum atomic E-state index is -0.420. The highest BCUT2D eigenvalue weighted by molar-refractivity contribution is 7.18. The zero-order chi connectivity index (χ0) is 13.7. The fourth-order valence-corrected chi connectivity index (χ4v) is 2.32. The van der Waals surface area contributed by atoms with Crippen LogP contribution in [0, 0.1) is 0 Å². The Bertz CT molecular complexity index is 510. The van der Waals surface area contributed by atoms with Crippen molar-refractivity contribution in [3.63, 3.8) is 0 Å². The second-order valence-corrected chi connectivity index (χ2v) is 5.56. The smallest absolute Gasteiger partial charge is 0.258 e. The number of ketones is 1. The Balaban J connectivity index is 0.000000180. The first-order valence-electron chi connectivity index (χ1n) is 4.91. The zero-order valence-electron chi connectivity index (χ0n) is 9.67. The topological polar surface area (TPSA) is 112 Å². The van der Waals surface area contributed by atoms with Crippen LogP contribution >= 0.6 is 22.7 Å². The molecule has 0 aromatic carbocycles. The minimum Gasteiger partial charge on any atom is -0.391 e. The third-order valence-corrected chi connectivity index (χ3v) is 3.79. The number of hydrogen-bond donors (Lipinski definition) is 3. The molecular weight excluding hydrogens is 270 g/mol. The molecule has 0 spiro atoms. The summed E-state index contributed by atoms with van der Waals surface area (Å²) in [7, 11) is 0. The van der Waals surface area contributed by atoms with E-state index in [1.165, 1.54) is 29.6 Å². The summed E-state index contributed by atoms with van der Waals surface area (Å²) in [4.78, 5) is 22.2. The van der Waals surface area contributed by atoms with Crippen molar-refractivity contribution in [1.29, 1.82) is 0 Å². The fraction of sp³-hybridized carbons (Fsp3) is 0.0909. The van der Waals surface area contributed by atoms with E-state index < -0.39 is 5.91 Å². The lowest BCUT2D eigenvalue weighted by Crippen LogP contribution is -2.07. The second kappa shape index (κ2) is 6.18. The van der Waals surface area contributed by atoms with Gasteiger partial charge in [0.2, 0.25) is 0 Å². The van der Waals surface area contributed by atoms with Crippen LogP contribution in [0.1, 0.15) is 26.3 Å². The predicted octanol–water partition coefficient (Wildman–Crippen LogP) is 1.96.